The average Bonchev–Trinajstić information content (AvgIpc) is 3.16. The molecule has 1 aromatic carbocycles. The van der Waals surface area contributed by atoms with E-state index in [4.69, 9.17) is 45.6 Å². The molecule has 19 nitrogen and oxygen atoms in total. The molecule has 2 fully saturated rings. The zero-order chi connectivity index (χ0) is 44.3. The molecular formula is C36H50F3N5O14. The van der Waals surface area contributed by atoms with Crippen LogP contribution in [-0.2, 0) is 30.1 Å². The van der Waals surface area contributed by atoms with E-state index >= 15 is 0 Å². The molecule has 0 aliphatic carbocycles. The standard InChI is InChI=1S/C28H38F3N5O2.2C4H6O6/c1-19-16-35(14-15-36(19)24(17-38-5)22-6-8-23(9-7-22)28(29,30)31)27(4)10-12-34(13-11-27)26(37)25-20(2)32-18-33-21(25)3;2*5-1(3(7)8)2(6)4(9)10/h6-9,18-19,24H,10-17H2,1-5H3;2*1-2,5-6H,(H,7,8)(H,9,10)/t19-,24-;;/m0../s1. The number of ether oxygens (including phenoxy) is 1. The lowest BCUT2D eigenvalue weighted by Crippen LogP contribution is -2.62. The summed E-state index contributed by atoms with van der Waals surface area (Å²) in [6, 6.07) is 5.52. The van der Waals surface area contributed by atoms with Crippen molar-refractivity contribution in [1.82, 2.24) is 24.7 Å². The third-order valence-corrected chi connectivity index (χ3v) is 9.97. The van der Waals surface area contributed by atoms with Gasteiger partial charge >= 0.3 is 30.1 Å². The van der Waals surface area contributed by atoms with E-state index in [1.165, 1.54) is 6.33 Å². The minimum Gasteiger partial charge on any atom is -0.479 e. The molecule has 58 heavy (non-hydrogen) atoms. The molecule has 4 unspecified atom stereocenters. The summed E-state index contributed by atoms with van der Waals surface area (Å²) in [4.78, 5) is 67.5. The Kier molecular flexibility index (Phi) is 18.1. The number of aryl methyl sites for hydroxylation is 2. The first-order chi connectivity index (χ1) is 26.9. The van der Waals surface area contributed by atoms with E-state index in [-0.39, 0.29) is 23.5 Å². The number of alkyl halides is 3. The second-order valence-corrected chi connectivity index (χ2v) is 14.0. The van der Waals surface area contributed by atoms with Crippen LogP contribution >= 0.6 is 0 Å². The molecule has 8 N–H and O–H groups in total. The Labute approximate surface area is 330 Å². The molecule has 324 valence electrons. The number of benzene rings is 1. The first-order valence-corrected chi connectivity index (χ1v) is 17.8. The van der Waals surface area contributed by atoms with Crippen LogP contribution < -0.4 is 0 Å². The van der Waals surface area contributed by atoms with Gasteiger partial charge in [-0.15, -0.1) is 0 Å². The number of likely N-dealkylation sites (tertiary alicyclic amines) is 1. The second-order valence-electron chi connectivity index (χ2n) is 14.0. The smallest absolute Gasteiger partial charge is 0.416 e. The van der Waals surface area contributed by atoms with E-state index in [0.717, 1.165) is 50.2 Å². The first kappa shape index (κ1) is 49.3. The minimum atomic E-state index is -4.35. The molecular weight excluding hydrogens is 783 g/mol. The summed E-state index contributed by atoms with van der Waals surface area (Å²) in [5.74, 6) is -7.07. The van der Waals surface area contributed by atoms with Gasteiger partial charge in [-0.2, -0.15) is 13.2 Å². The van der Waals surface area contributed by atoms with Crippen LogP contribution in [0, 0.1) is 13.8 Å². The first-order valence-electron chi connectivity index (χ1n) is 17.8. The number of carboxylic acids is 4. The molecule has 1 aromatic heterocycles. The SMILES string of the molecule is COC[C@@H](c1ccc(C(F)(F)F)cc1)N1CCN(C2(C)CCN(C(=O)c3c(C)ncnc3C)CC2)C[C@@H]1C.O=C(O)C(O)C(O)C(=O)O.O=C(O)C(O)C(O)C(=O)O. The van der Waals surface area contributed by atoms with E-state index in [1.807, 2.05) is 18.7 Å². The number of carbonyl (C=O) groups excluding carboxylic acids is 1. The lowest BCUT2D eigenvalue weighted by Gasteiger charge is -2.52. The Balaban J connectivity index is 0.000000477. The highest BCUT2D eigenvalue weighted by molar-refractivity contribution is 5.96. The monoisotopic (exact) mass is 833 g/mol. The second kappa shape index (κ2) is 21.2. The van der Waals surface area contributed by atoms with Gasteiger partial charge in [-0.05, 0) is 58.2 Å². The Morgan fingerprint density at radius 3 is 1.59 bits per heavy atom. The zero-order valence-corrected chi connectivity index (χ0v) is 32.4. The maximum atomic E-state index is 13.2. The van der Waals surface area contributed by atoms with Crippen LogP contribution in [0.4, 0.5) is 13.2 Å². The number of aromatic nitrogens is 2. The predicted octanol–water partition coefficient (Wildman–Crippen LogP) is 0.256. The molecule has 2 aliphatic heterocycles. The summed E-state index contributed by atoms with van der Waals surface area (Å²) in [5, 5.41) is 65.1. The number of piperazine rings is 1. The lowest BCUT2D eigenvalue weighted by molar-refractivity contribution is -0.165. The highest BCUT2D eigenvalue weighted by Crippen LogP contribution is 2.35. The molecule has 0 bridgehead atoms. The van der Waals surface area contributed by atoms with Crippen LogP contribution in [0.15, 0.2) is 30.6 Å². The summed E-state index contributed by atoms with van der Waals surface area (Å²) < 4.78 is 44.7. The Morgan fingerprint density at radius 1 is 0.793 bits per heavy atom. The predicted molar refractivity (Wildman–Crippen MR) is 193 cm³/mol. The summed E-state index contributed by atoms with van der Waals surface area (Å²) in [7, 11) is 1.62. The number of halogens is 3. The van der Waals surface area contributed by atoms with Crippen LogP contribution in [0.2, 0.25) is 0 Å². The summed E-state index contributed by atoms with van der Waals surface area (Å²) >= 11 is 0. The fourth-order valence-corrected chi connectivity index (χ4v) is 6.47. The molecule has 0 saturated carbocycles. The Bertz CT molecular complexity index is 1630. The molecule has 1 amide bonds. The van der Waals surface area contributed by atoms with Crippen molar-refractivity contribution < 1.29 is 82.7 Å². The van der Waals surface area contributed by atoms with Gasteiger partial charge in [0.1, 0.15) is 6.33 Å². The molecule has 4 rings (SSSR count). The molecule has 0 radical (unpaired) electrons. The summed E-state index contributed by atoms with van der Waals surface area (Å²) in [5.41, 5.74) is 2.18. The van der Waals surface area contributed by atoms with E-state index in [9.17, 15) is 37.1 Å². The number of hydrogen-bond acceptors (Lipinski definition) is 14. The molecule has 2 saturated heterocycles. The Morgan fingerprint density at radius 2 is 1.22 bits per heavy atom. The normalized spacial score (nSPS) is 19.8. The van der Waals surface area contributed by atoms with Gasteiger partial charge in [0.2, 0.25) is 0 Å². The van der Waals surface area contributed by atoms with Crippen LogP contribution in [0.1, 0.15) is 65.6 Å². The van der Waals surface area contributed by atoms with Crippen molar-refractivity contribution in [3.05, 3.63) is 58.7 Å². The Hall–Kier alpha value is -4.84. The minimum absolute atomic E-state index is 0.000198. The van der Waals surface area contributed by atoms with Crippen LogP contribution in [0.3, 0.4) is 0 Å². The number of aliphatic hydroxyl groups excluding tert-OH is 4. The van der Waals surface area contributed by atoms with E-state index in [1.54, 1.807) is 19.2 Å². The van der Waals surface area contributed by atoms with Crippen molar-refractivity contribution in [1.29, 1.82) is 0 Å². The number of amides is 1. The molecule has 0 spiro atoms. The maximum absolute atomic E-state index is 13.2. The number of aliphatic carboxylic acids is 4. The van der Waals surface area contributed by atoms with Crippen molar-refractivity contribution in [3.8, 4) is 0 Å². The lowest BCUT2D eigenvalue weighted by atomic mass is 9.86. The topological polar surface area (TPSA) is 292 Å². The number of rotatable bonds is 12. The highest BCUT2D eigenvalue weighted by Gasteiger charge is 2.42. The van der Waals surface area contributed by atoms with Crippen LogP contribution in [0.5, 0.6) is 0 Å². The van der Waals surface area contributed by atoms with E-state index in [0.29, 0.717) is 36.6 Å². The van der Waals surface area contributed by atoms with Gasteiger partial charge in [0.05, 0.1) is 35.2 Å². The van der Waals surface area contributed by atoms with Gasteiger partial charge in [0.15, 0.2) is 24.4 Å². The van der Waals surface area contributed by atoms with E-state index < -0.39 is 60.0 Å². The zero-order valence-electron chi connectivity index (χ0n) is 32.4. The number of hydrogen-bond donors (Lipinski definition) is 8. The van der Waals surface area contributed by atoms with Gasteiger partial charge in [0.25, 0.3) is 5.91 Å². The third kappa shape index (κ3) is 13.1. The number of piperidine rings is 1. The van der Waals surface area contributed by atoms with Gasteiger partial charge in [-0.3, -0.25) is 14.6 Å². The van der Waals surface area contributed by atoms with Gasteiger partial charge in [-0.1, -0.05) is 12.1 Å². The van der Waals surface area contributed by atoms with E-state index in [2.05, 4.69) is 33.6 Å². The summed E-state index contributed by atoms with van der Waals surface area (Å²) in [6.45, 7) is 12.4. The van der Waals surface area contributed by atoms with Crippen molar-refractivity contribution in [2.24, 2.45) is 0 Å². The largest absolute Gasteiger partial charge is 0.479 e. The number of nitrogens with zero attached hydrogens (tertiary/aromatic N) is 5. The molecule has 22 heteroatoms. The fourth-order valence-electron chi connectivity index (χ4n) is 6.47. The molecule has 2 aromatic rings. The van der Waals surface area contributed by atoms with Crippen LogP contribution in [0.25, 0.3) is 0 Å². The van der Waals surface area contributed by atoms with Gasteiger partial charge in [-0.25, -0.2) is 29.1 Å². The third-order valence-electron chi connectivity index (χ3n) is 9.97. The van der Waals surface area contributed by atoms with Crippen molar-refractivity contribution in [3.63, 3.8) is 0 Å². The number of carbonyl (C=O) groups is 5. The number of methoxy groups -OCH3 is 1. The van der Waals surface area contributed by atoms with Crippen molar-refractivity contribution in [2.75, 3.05) is 46.4 Å². The molecule has 6 atom stereocenters. The summed E-state index contributed by atoms with van der Waals surface area (Å²) in [6.07, 6.45) is -10.2. The average molecular weight is 834 g/mol. The molecule has 2 aliphatic rings. The quantitative estimate of drug-likeness (QED) is 0.142. The number of carboxylic acid groups (broad SMARTS) is 4. The van der Waals surface area contributed by atoms with Crippen LogP contribution in [-0.4, -0.2) is 178 Å². The number of aliphatic hydroxyl groups is 4. The highest BCUT2D eigenvalue weighted by atomic mass is 19.4. The molecule has 3 heterocycles. The maximum Gasteiger partial charge on any atom is 0.416 e. The van der Waals surface area contributed by atoms with Crippen molar-refractivity contribution in [2.45, 2.75) is 88.8 Å². The fraction of sp³-hybridized carbons (Fsp3) is 0.583. The van der Waals surface area contributed by atoms with Gasteiger partial charge in [0, 0.05) is 51.4 Å². The van der Waals surface area contributed by atoms with Gasteiger partial charge < -0.3 is 50.5 Å². The van der Waals surface area contributed by atoms with Crippen molar-refractivity contribution >= 4 is 29.8 Å².